The van der Waals surface area contributed by atoms with E-state index in [0.29, 0.717) is 13.1 Å². The lowest BCUT2D eigenvalue weighted by molar-refractivity contribution is 0.0232. The first kappa shape index (κ1) is 38.3. The molecule has 11 nitrogen and oxygen atoms in total. The van der Waals surface area contributed by atoms with Crippen molar-refractivity contribution in [2.45, 2.75) is 81.9 Å². The predicted octanol–water partition coefficient (Wildman–Crippen LogP) is 8.29. The minimum atomic E-state index is -3.92. The topological polar surface area (TPSA) is 127 Å². The van der Waals surface area contributed by atoms with Crippen LogP contribution in [0.25, 0.3) is 0 Å². The molecule has 12 heteroatoms. The number of nitrogens with zero attached hydrogens (tertiary/aromatic N) is 4. The highest BCUT2D eigenvalue weighted by molar-refractivity contribution is 7.92. The number of hydrogen-bond acceptors (Lipinski definition) is 7. The number of carbonyl (C=O) groups is 2. The lowest BCUT2D eigenvalue weighted by atomic mass is 9.78. The van der Waals surface area contributed by atoms with Crippen molar-refractivity contribution in [2.75, 3.05) is 25.5 Å². The van der Waals surface area contributed by atoms with Gasteiger partial charge < -0.3 is 19.7 Å². The molecule has 0 saturated carbocycles. The van der Waals surface area contributed by atoms with Gasteiger partial charge in [0.05, 0.1) is 19.3 Å². The number of nitrogens with one attached hydrogen (secondary N) is 2. The van der Waals surface area contributed by atoms with Crippen molar-refractivity contribution in [1.29, 1.82) is 0 Å². The van der Waals surface area contributed by atoms with Gasteiger partial charge in [-0.2, -0.15) is 9.46 Å². The Labute approximate surface area is 335 Å². The van der Waals surface area contributed by atoms with E-state index in [0.717, 1.165) is 72.0 Å². The first-order valence-electron chi connectivity index (χ1n) is 19.8. The number of aromatic nitrogens is 2. The zero-order valence-electron chi connectivity index (χ0n) is 33.0. The highest BCUT2D eigenvalue weighted by atomic mass is 32.2. The van der Waals surface area contributed by atoms with Crippen LogP contribution in [0, 0.1) is 5.92 Å². The number of carbonyl (C=O) groups excluding carboxylic acids is 2. The molecule has 2 N–H and O–H groups in total. The standard InChI is InChI=1S/C45H50N6O5S/c1-44(2,3)56-43(53)50(4)28-31-29-51-41(55-30-31)39(27-46-51)57(54,48-42(52)47-40-37-24-14-16-32(37)26-33-17-15-25-38(33)40)49-45(34-18-8-5-9-19-34,35-20-10-6-11-21-35)36-22-12-7-13-23-36/h5-13,18-23,26-27,31H,14-17,24-25,28-30H2,1-4H3,(H2,47,48,49,52,54)/t31-,57-/m0/s1. The summed E-state index contributed by atoms with van der Waals surface area (Å²) in [6.07, 6.45) is 6.84. The van der Waals surface area contributed by atoms with E-state index < -0.39 is 33.2 Å². The number of hydrogen-bond donors (Lipinski definition) is 2. The van der Waals surface area contributed by atoms with Gasteiger partial charge >= 0.3 is 12.1 Å². The highest BCUT2D eigenvalue weighted by Gasteiger charge is 2.41. The molecule has 0 fully saturated rings. The van der Waals surface area contributed by atoms with Crippen molar-refractivity contribution in [2.24, 2.45) is 10.3 Å². The highest BCUT2D eigenvalue weighted by Crippen LogP contribution is 2.44. The van der Waals surface area contributed by atoms with Crippen LogP contribution < -0.4 is 14.8 Å². The van der Waals surface area contributed by atoms with E-state index in [1.807, 2.05) is 112 Å². The number of urea groups is 1. The smallest absolute Gasteiger partial charge is 0.410 e. The summed E-state index contributed by atoms with van der Waals surface area (Å²) in [5.74, 6) is 0.121. The van der Waals surface area contributed by atoms with Crippen LogP contribution in [-0.4, -0.2) is 56.8 Å². The molecule has 1 aliphatic heterocycles. The van der Waals surface area contributed by atoms with Crippen LogP contribution in [-0.2, 0) is 52.4 Å². The van der Waals surface area contributed by atoms with Crippen LogP contribution in [0.4, 0.5) is 15.3 Å². The molecule has 2 aliphatic carbocycles. The third kappa shape index (κ3) is 7.62. The van der Waals surface area contributed by atoms with Gasteiger partial charge in [0.15, 0.2) is 9.92 Å². The van der Waals surface area contributed by atoms with Gasteiger partial charge in [0.2, 0.25) is 5.88 Å². The van der Waals surface area contributed by atoms with E-state index in [1.54, 1.807) is 11.7 Å². The van der Waals surface area contributed by atoms with Crippen molar-refractivity contribution in [3.63, 3.8) is 0 Å². The fourth-order valence-corrected chi connectivity index (χ4v) is 10.3. The fraction of sp³-hybridized carbons (Fsp3) is 0.356. The van der Waals surface area contributed by atoms with E-state index in [1.165, 1.54) is 22.2 Å². The molecule has 5 aromatic rings. The molecule has 0 radical (unpaired) electrons. The number of rotatable bonds is 9. The Balaban J connectivity index is 1.25. The SMILES string of the molecule is CN(C[C@@H]1COc2c([S@@](=O)(=NC(c3ccccc3)(c3ccccc3)c3ccccc3)NC(=O)Nc3c4c(cc5c3CCC5)CCC4)cnn2C1)C(=O)OC(C)(C)C. The third-order valence-corrected chi connectivity index (χ3v) is 12.8. The predicted molar refractivity (Wildman–Crippen MR) is 221 cm³/mol. The summed E-state index contributed by atoms with van der Waals surface area (Å²) in [6.45, 7) is 6.45. The number of ether oxygens (including phenoxy) is 2. The Morgan fingerprint density at radius 1 is 0.877 bits per heavy atom. The number of fused-ring (bicyclic) bond motifs is 3. The lowest BCUT2D eigenvalue weighted by Crippen LogP contribution is -2.41. The molecule has 2 atom stereocenters. The van der Waals surface area contributed by atoms with Gasteiger partial charge in [-0.15, -0.1) is 0 Å². The maximum absolute atomic E-state index is 16.3. The monoisotopic (exact) mass is 786 g/mol. The Morgan fingerprint density at radius 3 is 1.95 bits per heavy atom. The quantitative estimate of drug-likeness (QED) is 0.145. The first-order chi connectivity index (χ1) is 27.4. The number of benzene rings is 4. The summed E-state index contributed by atoms with van der Waals surface area (Å²) in [6, 6.07) is 30.9. The summed E-state index contributed by atoms with van der Waals surface area (Å²) in [5, 5.41) is 7.86. The summed E-state index contributed by atoms with van der Waals surface area (Å²) in [5.41, 5.74) is 6.04. The van der Waals surface area contributed by atoms with Crippen LogP contribution in [0.2, 0.25) is 0 Å². The molecular formula is C45H50N6O5S. The van der Waals surface area contributed by atoms with E-state index in [9.17, 15) is 9.59 Å². The van der Waals surface area contributed by atoms with Crippen LogP contribution in [0.3, 0.4) is 0 Å². The minimum Gasteiger partial charge on any atom is -0.476 e. The number of aryl methyl sites for hydroxylation is 2. The normalized spacial score (nSPS) is 16.9. The van der Waals surface area contributed by atoms with Crippen molar-refractivity contribution < 1.29 is 23.3 Å². The van der Waals surface area contributed by atoms with Crippen molar-refractivity contribution in [1.82, 2.24) is 19.4 Å². The lowest BCUT2D eigenvalue weighted by Gasteiger charge is -2.33. The molecule has 0 unspecified atom stereocenters. The van der Waals surface area contributed by atoms with E-state index >= 15 is 4.21 Å². The van der Waals surface area contributed by atoms with Crippen molar-refractivity contribution >= 4 is 27.7 Å². The van der Waals surface area contributed by atoms with Gasteiger partial charge in [-0.3, -0.25) is 0 Å². The molecule has 0 spiro atoms. The average molecular weight is 787 g/mol. The van der Waals surface area contributed by atoms with Crippen LogP contribution in [0.15, 0.2) is 113 Å². The third-order valence-electron chi connectivity index (χ3n) is 11.0. The molecule has 0 saturated heterocycles. The molecule has 57 heavy (non-hydrogen) atoms. The van der Waals surface area contributed by atoms with Crippen LogP contribution in [0.5, 0.6) is 5.88 Å². The molecule has 3 aliphatic rings. The maximum Gasteiger partial charge on any atom is 0.410 e. The van der Waals surface area contributed by atoms with Crippen molar-refractivity contribution in [3.8, 4) is 5.88 Å². The molecular weight excluding hydrogens is 737 g/mol. The summed E-state index contributed by atoms with van der Waals surface area (Å²) in [4.78, 5) is 29.0. The Kier molecular flexibility index (Phi) is 10.3. The molecule has 8 rings (SSSR count). The van der Waals surface area contributed by atoms with Crippen LogP contribution >= 0.6 is 0 Å². The maximum atomic E-state index is 16.3. The second-order valence-corrected chi connectivity index (χ2v) is 18.1. The van der Waals surface area contributed by atoms with Gasteiger partial charge in [-0.1, -0.05) is 97.1 Å². The first-order valence-corrected chi connectivity index (χ1v) is 21.3. The molecule has 1 aromatic heterocycles. The average Bonchev–Trinajstić information content (AvgIpc) is 3.98. The Bertz CT molecular complexity index is 2270. The molecule has 2 heterocycles. The minimum absolute atomic E-state index is 0.133. The second-order valence-electron chi connectivity index (χ2n) is 16.2. The largest absolute Gasteiger partial charge is 0.476 e. The second kappa shape index (κ2) is 15.4. The number of amides is 3. The molecule has 0 bridgehead atoms. The summed E-state index contributed by atoms with van der Waals surface area (Å²) >= 11 is 0. The van der Waals surface area contributed by atoms with E-state index in [2.05, 4.69) is 21.2 Å². The Hall–Kier alpha value is -5.62. The van der Waals surface area contributed by atoms with E-state index in [4.69, 9.17) is 13.8 Å². The number of anilines is 1. The molecule has 3 amide bonds. The summed E-state index contributed by atoms with van der Waals surface area (Å²) in [7, 11) is -2.23. The van der Waals surface area contributed by atoms with Gasteiger partial charge in [0.25, 0.3) is 0 Å². The fourth-order valence-electron chi connectivity index (χ4n) is 8.48. The molecule has 296 valence electrons. The van der Waals surface area contributed by atoms with Gasteiger partial charge in [0.1, 0.15) is 16.0 Å². The van der Waals surface area contributed by atoms with Crippen molar-refractivity contribution in [3.05, 3.63) is 142 Å². The van der Waals surface area contributed by atoms with Gasteiger partial charge in [-0.25, -0.2) is 23.2 Å². The zero-order valence-corrected chi connectivity index (χ0v) is 33.8. The Morgan fingerprint density at radius 2 is 1.42 bits per heavy atom. The molecule has 4 aromatic carbocycles. The van der Waals surface area contributed by atoms with E-state index in [-0.39, 0.29) is 23.3 Å². The summed E-state index contributed by atoms with van der Waals surface area (Å²) < 4.78 is 38.2. The van der Waals surface area contributed by atoms with Gasteiger partial charge in [0, 0.05) is 25.2 Å². The van der Waals surface area contributed by atoms with Crippen LogP contribution in [0.1, 0.15) is 72.6 Å². The van der Waals surface area contributed by atoms with Gasteiger partial charge in [-0.05, 0) is 98.2 Å². The zero-order chi connectivity index (χ0) is 39.8.